The summed E-state index contributed by atoms with van der Waals surface area (Å²) in [6, 6.07) is -2.96. The van der Waals surface area contributed by atoms with Crippen molar-refractivity contribution in [3.63, 3.8) is 0 Å². The Kier molecular flexibility index (Phi) is 41.1. The Morgan fingerprint density at radius 2 is 1.20 bits per heavy atom. The average Bonchev–Trinajstić information content (AvgIpc) is 2.91. The highest BCUT2D eigenvalue weighted by atomic mass is 31.2. The Balaban J connectivity index is 2.98. The highest BCUT2D eigenvalue weighted by molar-refractivity contribution is 7.49. The molecule has 0 spiro atoms. The first-order chi connectivity index (χ1) is 40.2. The van der Waals surface area contributed by atoms with E-state index in [1.807, 2.05) is 0 Å². The molecule has 1 fully saturated rings. The number of rotatable bonds is 53. The van der Waals surface area contributed by atoms with Crippen molar-refractivity contribution in [1.29, 1.82) is 0 Å². The Morgan fingerprint density at radius 1 is 0.729 bits per heavy atom. The van der Waals surface area contributed by atoms with Crippen LogP contribution in [0.25, 0.3) is 0 Å². The Morgan fingerprint density at radius 3 is 1.65 bits per heavy atom. The lowest BCUT2D eigenvalue weighted by Crippen LogP contribution is -2.65. The topological polar surface area (TPSA) is 409 Å². The van der Waals surface area contributed by atoms with Crippen molar-refractivity contribution in [1.82, 2.24) is 15.5 Å². The van der Waals surface area contributed by atoms with Gasteiger partial charge in [-0.1, -0.05) is 168 Å². The zero-order valence-electron chi connectivity index (χ0n) is 52.1. The molecule has 0 radical (unpaired) electrons. The number of primary amides is 1. The summed E-state index contributed by atoms with van der Waals surface area (Å²) in [5.74, 6) is -7.47. The number of nitrogens with zero attached hydrogens (tertiary/aromatic N) is 1. The van der Waals surface area contributed by atoms with Crippen molar-refractivity contribution in [2.24, 2.45) is 17.2 Å². The molecule has 0 aromatic carbocycles. The Hall–Kier alpha value is -3.56. The second-order valence-electron chi connectivity index (χ2n) is 23.3. The van der Waals surface area contributed by atoms with Gasteiger partial charge in [0.1, 0.15) is 42.2 Å². The Labute approximate surface area is 505 Å². The average molecular weight is 1240 g/mol. The van der Waals surface area contributed by atoms with Crippen LogP contribution < -0.4 is 27.8 Å². The van der Waals surface area contributed by atoms with Crippen LogP contribution in [0.3, 0.4) is 0 Å². The predicted molar refractivity (Wildman–Crippen MR) is 319 cm³/mol. The van der Waals surface area contributed by atoms with Crippen LogP contribution in [0.2, 0.25) is 0 Å². The molecule has 1 saturated heterocycles. The first-order valence-corrected chi connectivity index (χ1v) is 32.9. The minimum absolute atomic E-state index is 0.00289. The van der Waals surface area contributed by atoms with Crippen LogP contribution in [0.5, 0.6) is 0 Å². The second kappa shape index (κ2) is 44.0. The molecular formula is C59H111N6O19P. The van der Waals surface area contributed by atoms with Gasteiger partial charge in [0.15, 0.2) is 23.4 Å². The number of carboxylic acid groups (broad SMARTS) is 1. The standard InChI is InChI=1S/C59H111N6O19P/c1-7-9-11-13-15-17-19-21-23-25-27-29-31-33-45(68)51(72)46(69)41-81-85(79,84-49(71)34-32-30-28-26-24-22-20-18-16-14-12-10-8-2)80-38-37-63-59(6,62)56(76)64-44(54(61)74)35-36-48(70)65(58(5,43(4)67)57(77)78)39-42(3)82-53-50(60)55(75)83-47(40-66)52(53)73/h42,44,46-47,50-53,55,63,66,69,72-73,75H,7-41,60,62H2,1-6H3,(H2,61,74)(H,64,76)(H,77,78)/t42?,44-,46+,47-,50-,51+,52-,53-,55+,58-,59-,85?/m1/s1. The number of phosphoric acid groups is 1. The van der Waals surface area contributed by atoms with Crippen molar-refractivity contribution in [3.8, 4) is 0 Å². The first kappa shape index (κ1) is 79.5. The number of aliphatic hydroxyl groups excluding tert-OH is 5. The minimum Gasteiger partial charge on any atom is -0.479 e. The van der Waals surface area contributed by atoms with Crippen molar-refractivity contribution in [2.75, 3.05) is 32.9 Å². The van der Waals surface area contributed by atoms with E-state index in [1.54, 1.807) is 0 Å². The number of phosphoric ester groups is 1. The number of aliphatic hydroxyl groups is 5. The number of carbonyl (C=O) groups is 7. The van der Waals surface area contributed by atoms with E-state index in [4.69, 9.17) is 40.2 Å². The molecule has 3 amide bonds. The third-order valence-electron chi connectivity index (χ3n) is 15.6. The van der Waals surface area contributed by atoms with Crippen LogP contribution in [0.4, 0.5) is 0 Å². The van der Waals surface area contributed by atoms with Gasteiger partial charge in [0.05, 0.1) is 32.0 Å². The number of nitrogens with two attached hydrogens (primary N) is 3. The molecule has 12 atom stereocenters. The van der Waals surface area contributed by atoms with Crippen LogP contribution in [-0.4, -0.2) is 176 Å². The van der Waals surface area contributed by atoms with E-state index in [2.05, 4.69) is 24.5 Å². The first-order valence-electron chi connectivity index (χ1n) is 31.5. The number of amides is 3. The lowest BCUT2D eigenvalue weighted by atomic mass is 9.93. The SMILES string of the molecule is CCCCCCCCCCCCCCCC(=O)OP(=O)(OCCN[C@@](C)(N)C(=O)N[C@H](CCC(=O)N(CC(C)O[C@@H]1[C@@H](N)[C@@H](O)O[C@H](CO)[C@H]1O)[C@](C)(C(C)=O)C(=O)O)C(N)=O)OC[C@H](O)[C@@H](O)C(=O)CCCCCCCCCCCCCCC. The third-order valence-corrected chi connectivity index (χ3v) is 17.0. The van der Waals surface area contributed by atoms with Gasteiger partial charge in [0.2, 0.25) is 11.8 Å². The maximum atomic E-state index is 14.0. The van der Waals surface area contributed by atoms with Crippen LogP contribution in [0, 0.1) is 0 Å². The number of unbranched alkanes of at least 4 members (excludes halogenated alkanes) is 24. The van der Waals surface area contributed by atoms with Gasteiger partial charge < -0.3 is 72.1 Å². The zero-order valence-corrected chi connectivity index (χ0v) is 53.0. The fourth-order valence-corrected chi connectivity index (χ4v) is 11.0. The predicted octanol–water partition coefficient (Wildman–Crippen LogP) is 5.37. The molecule has 1 rings (SSSR count). The molecule has 0 bridgehead atoms. The molecule has 2 unspecified atom stereocenters. The molecule has 0 saturated carbocycles. The van der Waals surface area contributed by atoms with Crippen molar-refractivity contribution < 1.29 is 91.8 Å². The lowest BCUT2D eigenvalue weighted by molar-refractivity contribution is -0.263. The summed E-state index contributed by atoms with van der Waals surface area (Å²) in [7, 11) is -4.88. The maximum Gasteiger partial charge on any atom is 0.532 e. The van der Waals surface area contributed by atoms with Gasteiger partial charge in [-0.2, -0.15) is 0 Å². The van der Waals surface area contributed by atoms with E-state index in [0.29, 0.717) is 24.2 Å². The summed E-state index contributed by atoms with van der Waals surface area (Å²) in [5, 5.41) is 67.2. The highest BCUT2D eigenvalue weighted by Crippen LogP contribution is 2.50. The van der Waals surface area contributed by atoms with E-state index in [1.165, 1.54) is 110 Å². The number of carboxylic acids is 1. The summed E-state index contributed by atoms with van der Waals surface area (Å²) in [4.78, 5) is 92.3. The Bertz CT molecular complexity index is 1980. The van der Waals surface area contributed by atoms with Crippen molar-refractivity contribution in [2.45, 2.75) is 300 Å². The largest absolute Gasteiger partial charge is 0.532 e. The normalized spacial score (nSPS) is 20.6. The zero-order chi connectivity index (χ0) is 64.0. The summed E-state index contributed by atoms with van der Waals surface area (Å²) < 4.78 is 40.9. The number of hydrogen-bond donors (Lipinski definition) is 11. The van der Waals surface area contributed by atoms with Gasteiger partial charge in [-0.3, -0.25) is 43.1 Å². The molecule has 0 aromatic rings. The summed E-state index contributed by atoms with van der Waals surface area (Å²) in [5.41, 5.74) is 13.3. The van der Waals surface area contributed by atoms with Crippen LogP contribution >= 0.6 is 7.82 Å². The molecule has 1 aliphatic rings. The van der Waals surface area contributed by atoms with Crippen molar-refractivity contribution >= 4 is 49.0 Å². The molecule has 496 valence electrons. The molecule has 14 N–H and O–H groups in total. The van der Waals surface area contributed by atoms with Crippen LogP contribution in [0.1, 0.15) is 234 Å². The summed E-state index contributed by atoms with van der Waals surface area (Å²) in [6.45, 7) is 5.61. The molecule has 25 nitrogen and oxygen atoms in total. The molecule has 0 aliphatic carbocycles. The van der Waals surface area contributed by atoms with Gasteiger partial charge in [0.25, 0.3) is 5.91 Å². The van der Waals surface area contributed by atoms with Crippen LogP contribution in [0.15, 0.2) is 0 Å². The molecule has 0 aromatic heterocycles. The van der Waals surface area contributed by atoms with Gasteiger partial charge in [0, 0.05) is 32.4 Å². The van der Waals surface area contributed by atoms with Gasteiger partial charge in [-0.15, -0.1) is 0 Å². The number of aliphatic carboxylic acids is 1. The number of Topliss-reactive ketones (excluding diaryl/α,β-unsaturated/α-hetero) is 2. The van der Waals surface area contributed by atoms with E-state index < -0.39 is 161 Å². The third kappa shape index (κ3) is 31.5. The lowest BCUT2D eigenvalue weighted by Gasteiger charge is -2.43. The van der Waals surface area contributed by atoms with E-state index in [-0.39, 0.29) is 12.8 Å². The maximum absolute atomic E-state index is 14.0. The van der Waals surface area contributed by atoms with E-state index in [0.717, 1.165) is 65.2 Å². The number of carbonyl (C=O) groups excluding carboxylic acids is 6. The number of nitrogens with one attached hydrogen (secondary N) is 2. The van der Waals surface area contributed by atoms with Gasteiger partial charge in [-0.05, 0) is 47.0 Å². The summed E-state index contributed by atoms with van der Waals surface area (Å²) in [6.07, 6.45) is 16.0. The molecular weight excluding hydrogens is 1130 g/mol. The van der Waals surface area contributed by atoms with Gasteiger partial charge >= 0.3 is 19.8 Å². The monoisotopic (exact) mass is 1240 g/mol. The number of hydrogen-bond acceptors (Lipinski definition) is 21. The van der Waals surface area contributed by atoms with E-state index >= 15 is 0 Å². The van der Waals surface area contributed by atoms with E-state index in [9.17, 15) is 68.8 Å². The fraction of sp³-hybridized carbons (Fsp3) is 0.881. The quantitative estimate of drug-likeness (QED) is 0.0158. The highest BCUT2D eigenvalue weighted by Gasteiger charge is 2.49. The number of ether oxygens (including phenoxy) is 2. The molecule has 1 aliphatic heterocycles. The smallest absolute Gasteiger partial charge is 0.479 e. The van der Waals surface area contributed by atoms with Crippen molar-refractivity contribution in [3.05, 3.63) is 0 Å². The van der Waals surface area contributed by atoms with Crippen LogP contribution in [-0.2, 0) is 61.2 Å². The molecule has 85 heavy (non-hydrogen) atoms. The second-order valence-corrected chi connectivity index (χ2v) is 24.9. The molecule has 26 heteroatoms. The fourth-order valence-electron chi connectivity index (χ4n) is 9.86. The summed E-state index contributed by atoms with van der Waals surface area (Å²) >= 11 is 0. The minimum atomic E-state index is -4.88. The molecule has 1 heterocycles. The van der Waals surface area contributed by atoms with Gasteiger partial charge in [-0.25, -0.2) is 9.36 Å². The number of ketones is 2.